The summed E-state index contributed by atoms with van der Waals surface area (Å²) in [5.41, 5.74) is 0.750. The van der Waals surface area contributed by atoms with Gasteiger partial charge in [-0.2, -0.15) is 9.78 Å². The Balaban J connectivity index is 1.97. The van der Waals surface area contributed by atoms with Crippen LogP contribution in [0.2, 0.25) is 0 Å². The topological polar surface area (TPSA) is 59.1 Å². The first-order chi connectivity index (χ1) is 9.74. The summed E-state index contributed by atoms with van der Waals surface area (Å²) in [5.74, 6) is 0.727. The number of benzene rings is 1. The predicted octanol–water partition coefficient (Wildman–Crippen LogP) is 3.22. The van der Waals surface area contributed by atoms with Crippen molar-refractivity contribution in [2.24, 2.45) is 5.10 Å². The van der Waals surface area contributed by atoms with Crippen molar-refractivity contribution in [2.45, 2.75) is 0 Å². The summed E-state index contributed by atoms with van der Waals surface area (Å²) in [4.78, 5) is 0. The van der Waals surface area contributed by atoms with Crippen molar-refractivity contribution >= 4 is 18.4 Å². The Morgan fingerprint density at radius 3 is 2.80 bits per heavy atom. The largest absolute Gasteiger partial charge is 0.461 e. The molecule has 5 nitrogen and oxygen atoms in total. The highest BCUT2D eigenvalue weighted by atomic mass is 32.1. The van der Waals surface area contributed by atoms with Gasteiger partial charge in [0, 0.05) is 0 Å². The average molecular weight is 288 g/mol. The molecule has 100 valence electrons. The smallest absolute Gasteiger partial charge is 0.219 e. The molecule has 0 spiro atoms. The van der Waals surface area contributed by atoms with Crippen LogP contribution in [0.4, 0.5) is 4.39 Å². The van der Waals surface area contributed by atoms with Crippen LogP contribution in [0.15, 0.2) is 52.2 Å². The van der Waals surface area contributed by atoms with Gasteiger partial charge in [0.25, 0.3) is 0 Å². The lowest BCUT2D eigenvalue weighted by Gasteiger charge is -1.97. The molecule has 0 unspecified atom stereocenters. The summed E-state index contributed by atoms with van der Waals surface area (Å²) in [6.07, 6.45) is 3.11. The zero-order valence-electron chi connectivity index (χ0n) is 10.2. The zero-order valence-corrected chi connectivity index (χ0v) is 11.0. The normalized spacial score (nSPS) is 11.2. The standard InChI is InChI=1S/C13H9FN4OS/c14-10-5-3-9(4-6-10)8-15-18-12(16-17-13(18)20)11-2-1-7-19-11/h1-8H,(H,17,20). The molecule has 1 aromatic carbocycles. The van der Waals surface area contributed by atoms with E-state index < -0.39 is 0 Å². The molecule has 0 radical (unpaired) electrons. The van der Waals surface area contributed by atoms with E-state index in [1.54, 1.807) is 36.7 Å². The highest BCUT2D eigenvalue weighted by molar-refractivity contribution is 7.71. The van der Waals surface area contributed by atoms with Gasteiger partial charge in [0.2, 0.25) is 10.6 Å². The molecule has 0 fully saturated rings. The molecule has 0 bridgehead atoms. The number of furan rings is 1. The monoisotopic (exact) mass is 288 g/mol. The first-order valence-electron chi connectivity index (χ1n) is 5.75. The Hall–Kier alpha value is -2.54. The van der Waals surface area contributed by atoms with Crippen LogP contribution in [0, 0.1) is 10.6 Å². The van der Waals surface area contributed by atoms with Crippen LogP contribution in [-0.2, 0) is 0 Å². The second-order valence-electron chi connectivity index (χ2n) is 3.94. The fourth-order valence-corrected chi connectivity index (χ4v) is 1.82. The van der Waals surface area contributed by atoms with E-state index in [4.69, 9.17) is 16.6 Å². The van der Waals surface area contributed by atoms with Crippen LogP contribution in [0.1, 0.15) is 5.56 Å². The lowest BCUT2D eigenvalue weighted by atomic mass is 10.2. The summed E-state index contributed by atoms with van der Waals surface area (Å²) >= 11 is 5.11. The molecule has 0 saturated heterocycles. The van der Waals surface area contributed by atoms with Crippen LogP contribution in [-0.4, -0.2) is 21.1 Å². The molecule has 7 heteroatoms. The maximum Gasteiger partial charge on any atom is 0.219 e. The maximum atomic E-state index is 12.8. The minimum Gasteiger partial charge on any atom is -0.461 e. The molecule has 0 saturated carbocycles. The fourth-order valence-electron chi connectivity index (χ4n) is 1.64. The first-order valence-corrected chi connectivity index (χ1v) is 6.16. The Morgan fingerprint density at radius 2 is 2.10 bits per heavy atom. The minimum atomic E-state index is -0.293. The number of hydrogen-bond donors (Lipinski definition) is 1. The van der Waals surface area contributed by atoms with Crippen molar-refractivity contribution in [3.8, 4) is 11.6 Å². The molecule has 0 aliphatic rings. The quantitative estimate of drug-likeness (QED) is 0.594. The van der Waals surface area contributed by atoms with Crippen molar-refractivity contribution in [3.63, 3.8) is 0 Å². The lowest BCUT2D eigenvalue weighted by Crippen LogP contribution is -1.94. The van der Waals surface area contributed by atoms with E-state index in [2.05, 4.69) is 15.3 Å². The molecular formula is C13H9FN4OS. The van der Waals surface area contributed by atoms with Gasteiger partial charge in [0.15, 0.2) is 5.76 Å². The van der Waals surface area contributed by atoms with E-state index >= 15 is 0 Å². The van der Waals surface area contributed by atoms with Gasteiger partial charge in [-0.05, 0) is 42.0 Å². The fraction of sp³-hybridized carbons (Fsp3) is 0. The molecule has 1 N–H and O–H groups in total. The van der Waals surface area contributed by atoms with E-state index in [1.807, 2.05) is 0 Å². The third kappa shape index (κ3) is 2.43. The number of hydrogen-bond acceptors (Lipinski definition) is 4. The van der Waals surface area contributed by atoms with Gasteiger partial charge in [-0.25, -0.2) is 9.49 Å². The average Bonchev–Trinajstić information content (AvgIpc) is 3.08. The summed E-state index contributed by atoms with van der Waals surface area (Å²) in [6, 6.07) is 9.48. The van der Waals surface area contributed by atoms with E-state index in [0.717, 1.165) is 5.56 Å². The molecule has 3 aromatic rings. The number of aromatic amines is 1. The Bertz CT molecular complexity index is 787. The van der Waals surface area contributed by atoms with Gasteiger partial charge < -0.3 is 4.42 Å². The SMILES string of the molecule is Fc1ccc(C=Nn2c(-c3ccco3)n[nH]c2=S)cc1. The second kappa shape index (κ2) is 5.22. The zero-order chi connectivity index (χ0) is 13.9. The van der Waals surface area contributed by atoms with E-state index in [9.17, 15) is 4.39 Å². The van der Waals surface area contributed by atoms with Crippen LogP contribution in [0.25, 0.3) is 11.6 Å². The number of aromatic nitrogens is 3. The Kier molecular flexibility index (Phi) is 3.26. The highest BCUT2D eigenvalue weighted by Crippen LogP contribution is 2.17. The molecule has 20 heavy (non-hydrogen) atoms. The van der Waals surface area contributed by atoms with E-state index in [0.29, 0.717) is 16.4 Å². The number of nitrogens with one attached hydrogen (secondary N) is 1. The number of H-pyrrole nitrogens is 1. The highest BCUT2D eigenvalue weighted by Gasteiger charge is 2.10. The number of rotatable bonds is 3. The molecule has 0 amide bonds. The third-order valence-corrected chi connectivity index (χ3v) is 2.85. The van der Waals surface area contributed by atoms with E-state index in [-0.39, 0.29) is 5.82 Å². The van der Waals surface area contributed by atoms with Crippen LogP contribution < -0.4 is 0 Å². The van der Waals surface area contributed by atoms with Crippen LogP contribution in [0.3, 0.4) is 0 Å². The number of halogens is 1. The first kappa shape index (κ1) is 12.5. The van der Waals surface area contributed by atoms with Gasteiger partial charge in [-0.15, -0.1) is 5.10 Å². The summed E-state index contributed by atoms with van der Waals surface area (Å²) in [7, 11) is 0. The van der Waals surface area contributed by atoms with Crippen molar-refractivity contribution in [3.05, 3.63) is 58.8 Å². The third-order valence-electron chi connectivity index (χ3n) is 2.58. The maximum absolute atomic E-state index is 12.8. The molecule has 0 atom stereocenters. The molecule has 3 rings (SSSR count). The van der Waals surface area contributed by atoms with Gasteiger partial charge in [0.1, 0.15) is 5.82 Å². The molecule has 2 aromatic heterocycles. The van der Waals surface area contributed by atoms with Crippen LogP contribution in [0.5, 0.6) is 0 Å². The van der Waals surface area contributed by atoms with Crippen molar-refractivity contribution in [1.82, 2.24) is 14.9 Å². The van der Waals surface area contributed by atoms with Gasteiger partial charge >= 0.3 is 0 Å². The second-order valence-corrected chi connectivity index (χ2v) is 4.32. The molecular weight excluding hydrogens is 279 g/mol. The summed E-state index contributed by atoms with van der Waals surface area (Å²) in [5, 5.41) is 10.9. The lowest BCUT2D eigenvalue weighted by molar-refractivity contribution is 0.573. The Morgan fingerprint density at radius 1 is 1.30 bits per heavy atom. The number of nitrogens with zero attached hydrogens (tertiary/aromatic N) is 3. The summed E-state index contributed by atoms with van der Waals surface area (Å²) in [6.45, 7) is 0. The Labute approximate surface area is 118 Å². The van der Waals surface area contributed by atoms with Gasteiger partial charge in [-0.1, -0.05) is 12.1 Å². The van der Waals surface area contributed by atoms with Gasteiger partial charge in [0.05, 0.1) is 12.5 Å². The van der Waals surface area contributed by atoms with E-state index in [1.165, 1.54) is 16.8 Å². The predicted molar refractivity (Wildman–Crippen MR) is 74.5 cm³/mol. The minimum absolute atomic E-state index is 0.293. The molecule has 0 aliphatic heterocycles. The van der Waals surface area contributed by atoms with Crippen LogP contribution >= 0.6 is 12.2 Å². The summed E-state index contributed by atoms with van der Waals surface area (Å²) < 4.78 is 19.9. The molecule has 2 heterocycles. The van der Waals surface area contributed by atoms with Crippen molar-refractivity contribution in [1.29, 1.82) is 0 Å². The molecule has 0 aliphatic carbocycles. The van der Waals surface area contributed by atoms with Crippen molar-refractivity contribution < 1.29 is 8.81 Å². The van der Waals surface area contributed by atoms with Gasteiger partial charge in [-0.3, -0.25) is 0 Å². The van der Waals surface area contributed by atoms with Crippen molar-refractivity contribution in [2.75, 3.05) is 0 Å².